The fraction of sp³-hybridized carbons (Fsp3) is 0.450. The number of aromatic nitrogens is 1. The SMILES string of the molecule is COc1cc2c(cc1CN1CCC(OCc3ccccn3)CC1)OCO2. The van der Waals surface area contributed by atoms with E-state index in [0.29, 0.717) is 12.7 Å². The third-order valence-corrected chi connectivity index (χ3v) is 4.90. The maximum atomic E-state index is 6.02. The summed E-state index contributed by atoms with van der Waals surface area (Å²) in [5, 5.41) is 0. The predicted octanol–water partition coefficient (Wildman–Crippen LogP) is 3.00. The number of methoxy groups -OCH3 is 1. The highest BCUT2D eigenvalue weighted by molar-refractivity contribution is 5.51. The fourth-order valence-electron chi connectivity index (χ4n) is 3.44. The van der Waals surface area contributed by atoms with Gasteiger partial charge in [-0.3, -0.25) is 9.88 Å². The van der Waals surface area contributed by atoms with Crippen LogP contribution in [0, 0.1) is 0 Å². The highest BCUT2D eigenvalue weighted by Crippen LogP contribution is 2.38. The molecule has 4 rings (SSSR count). The first-order chi connectivity index (χ1) is 12.8. The Kier molecular flexibility index (Phi) is 5.22. The summed E-state index contributed by atoms with van der Waals surface area (Å²) in [7, 11) is 1.69. The number of hydrogen-bond acceptors (Lipinski definition) is 6. The summed E-state index contributed by atoms with van der Waals surface area (Å²) in [6.07, 6.45) is 4.16. The second-order valence-corrected chi connectivity index (χ2v) is 6.62. The molecular weight excluding hydrogens is 332 g/mol. The standard InChI is InChI=1S/C20H24N2O4/c1-23-18-11-20-19(25-14-26-20)10-15(18)12-22-8-5-17(6-9-22)24-13-16-4-2-3-7-21-16/h2-4,7,10-11,17H,5-6,8-9,12-14H2,1H3. The third kappa shape index (κ3) is 3.92. The fourth-order valence-corrected chi connectivity index (χ4v) is 3.44. The van der Waals surface area contributed by atoms with Crippen LogP contribution in [0.4, 0.5) is 0 Å². The molecule has 2 aliphatic rings. The minimum absolute atomic E-state index is 0.279. The van der Waals surface area contributed by atoms with Crippen molar-refractivity contribution >= 4 is 0 Å². The van der Waals surface area contributed by atoms with E-state index >= 15 is 0 Å². The van der Waals surface area contributed by atoms with E-state index in [-0.39, 0.29) is 6.79 Å². The van der Waals surface area contributed by atoms with E-state index < -0.39 is 0 Å². The van der Waals surface area contributed by atoms with Crippen LogP contribution in [-0.2, 0) is 17.9 Å². The zero-order chi connectivity index (χ0) is 17.8. The molecule has 0 N–H and O–H groups in total. The van der Waals surface area contributed by atoms with E-state index in [9.17, 15) is 0 Å². The van der Waals surface area contributed by atoms with Crippen LogP contribution in [0.25, 0.3) is 0 Å². The molecule has 2 aromatic rings. The van der Waals surface area contributed by atoms with Gasteiger partial charge < -0.3 is 18.9 Å². The van der Waals surface area contributed by atoms with E-state index in [2.05, 4.69) is 9.88 Å². The molecule has 3 heterocycles. The molecule has 0 aliphatic carbocycles. The van der Waals surface area contributed by atoms with Gasteiger partial charge in [-0.1, -0.05) is 6.07 Å². The molecule has 0 bridgehead atoms. The summed E-state index contributed by atoms with van der Waals surface area (Å²) < 4.78 is 22.5. The van der Waals surface area contributed by atoms with Gasteiger partial charge in [0, 0.05) is 37.5 Å². The highest BCUT2D eigenvalue weighted by atomic mass is 16.7. The smallest absolute Gasteiger partial charge is 0.231 e. The van der Waals surface area contributed by atoms with Crippen LogP contribution in [0.5, 0.6) is 17.2 Å². The number of pyridine rings is 1. The number of rotatable bonds is 6. The molecule has 6 nitrogen and oxygen atoms in total. The van der Waals surface area contributed by atoms with Gasteiger partial charge in [-0.25, -0.2) is 0 Å². The first-order valence-electron chi connectivity index (χ1n) is 9.02. The lowest BCUT2D eigenvalue weighted by atomic mass is 10.1. The molecular formula is C20H24N2O4. The molecule has 1 fully saturated rings. The van der Waals surface area contributed by atoms with Gasteiger partial charge in [-0.2, -0.15) is 0 Å². The molecule has 138 valence electrons. The largest absolute Gasteiger partial charge is 0.496 e. The summed E-state index contributed by atoms with van der Waals surface area (Å²) in [6, 6.07) is 9.87. The van der Waals surface area contributed by atoms with Gasteiger partial charge in [0.25, 0.3) is 0 Å². The van der Waals surface area contributed by atoms with Crippen molar-refractivity contribution in [3.63, 3.8) is 0 Å². The Balaban J connectivity index is 1.30. The molecule has 0 spiro atoms. The molecule has 2 aliphatic heterocycles. The summed E-state index contributed by atoms with van der Waals surface area (Å²) in [5.74, 6) is 2.41. The summed E-state index contributed by atoms with van der Waals surface area (Å²) in [4.78, 5) is 6.74. The average Bonchev–Trinajstić information content (AvgIpc) is 3.15. The summed E-state index contributed by atoms with van der Waals surface area (Å²) >= 11 is 0. The lowest BCUT2D eigenvalue weighted by Crippen LogP contribution is -2.36. The van der Waals surface area contributed by atoms with Gasteiger partial charge in [0.2, 0.25) is 6.79 Å². The third-order valence-electron chi connectivity index (χ3n) is 4.90. The number of ether oxygens (including phenoxy) is 4. The number of piperidine rings is 1. The molecule has 0 saturated carbocycles. The Bertz CT molecular complexity index is 730. The van der Waals surface area contributed by atoms with Gasteiger partial charge in [0.15, 0.2) is 11.5 Å². The van der Waals surface area contributed by atoms with Crippen molar-refractivity contribution in [3.05, 3.63) is 47.8 Å². The predicted molar refractivity (Wildman–Crippen MR) is 96.4 cm³/mol. The van der Waals surface area contributed by atoms with E-state index in [4.69, 9.17) is 18.9 Å². The van der Waals surface area contributed by atoms with Crippen LogP contribution in [0.2, 0.25) is 0 Å². The number of hydrogen-bond donors (Lipinski definition) is 0. The molecule has 1 aromatic carbocycles. The van der Waals surface area contributed by atoms with E-state index in [0.717, 1.165) is 61.0 Å². The Hall–Kier alpha value is -2.31. The molecule has 0 atom stereocenters. The second kappa shape index (κ2) is 7.93. The van der Waals surface area contributed by atoms with Crippen molar-refractivity contribution < 1.29 is 18.9 Å². The Morgan fingerprint density at radius 1 is 1.15 bits per heavy atom. The molecule has 0 unspecified atom stereocenters. The monoisotopic (exact) mass is 356 g/mol. The number of nitrogens with zero attached hydrogens (tertiary/aromatic N) is 2. The molecule has 1 aromatic heterocycles. The molecule has 0 amide bonds. The average molecular weight is 356 g/mol. The van der Waals surface area contributed by atoms with Gasteiger partial charge in [-0.15, -0.1) is 0 Å². The van der Waals surface area contributed by atoms with Gasteiger partial charge in [0.05, 0.1) is 25.5 Å². The van der Waals surface area contributed by atoms with Crippen molar-refractivity contribution in [3.8, 4) is 17.2 Å². The van der Waals surface area contributed by atoms with Crippen molar-refractivity contribution in [1.29, 1.82) is 0 Å². The first-order valence-corrected chi connectivity index (χ1v) is 9.02. The lowest BCUT2D eigenvalue weighted by molar-refractivity contribution is -0.00532. The normalized spacial score (nSPS) is 17.4. The number of benzene rings is 1. The Labute approximate surface area is 153 Å². The maximum absolute atomic E-state index is 6.02. The first kappa shape index (κ1) is 17.1. The van der Waals surface area contributed by atoms with Crippen molar-refractivity contribution in [2.75, 3.05) is 27.0 Å². The Morgan fingerprint density at radius 3 is 2.69 bits per heavy atom. The van der Waals surface area contributed by atoms with E-state index in [1.807, 2.05) is 30.3 Å². The zero-order valence-corrected chi connectivity index (χ0v) is 15.0. The quantitative estimate of drug-likeness (QED) is 0.793. The van der Waals surface area contributed by atoms with Gasteiger partial charge in [-0.05, 0) is 31.0 Å². The van der Waals surface area contributed by atoms with Crippen LogP contribution in [0.1, 0.15) is 24.1 Å². The summed E-state index contributed by atoms with van der Waals surface area (Å²) in [6.45, 7) is 3.71. The van der Waals surface area contributed by atoms with Crippen LogP contribution in [-0.4, -0.2) is 43.0 Å². The van der Waals surface area contributed by atoms with Crippen molar-refractivity contribution in [2.24, 2.45) is 0 Å². The molecule has 0 radical (unpaired) electrons. The van der Waals surface area contributed by atoms with Crippen LogP contribution >= 0.6 is 0 Å². The summed E-state index contributed by atoms with van der Waals surface area (Å²) in [5.41, 5.74) is 2.12. The van der Waals surface area contributed by atoms with Crippen LogP contribution in [0.15, 0.2) is 36.5 Å². The topological polar surface area (TPSA) is 53.1 Å². The van der Waals surface area contributed by atoms with Gasteiger partial charge >= 0.3 is 0 Å². The van der Waals surface area contributed by atoms with Crippen LogP contribution < -0.4 is 14.2 Å². The number of fused-ring (bicyclic) bond motifs is 1. The van der Waals surface area contributed by atoms with Crippen LogP contribution in [0.3, 0.4) is 0 Å². The molecule has 26 heavy (non-hydrogen) atoms. The maximum Gasteiger partial charge on any atom is 0.231 e. The second-order valence-electron chi connectivity index (χ2n) is 6.62. The van der Waals surface area contributed by atoms with E-state index in [1.54, 1.807) is 13.3 Å². The lowest BCUT2D eigenvalue weighted by Gasteiger charge is -2.32. The Morgan fingerprint density at radius 2 is 1.96 bits per heavy atom. The minimum Gasteiger partial charge on any atom is -0.496 e. The minimum atomic E-state index is 0.279. The highest BCUT2D eigenvalue weighted by Gasteiger charge is 2.23. The van der Waals surface area contributed by atoms with E-state index in [1.165, 1.54) is 0 Å². The van der Waals surface area contributed by atoms with Crippen molar-refractivity contribution in [1.82, 2.24) is 9.88 Å². The number of likely N-dealkylation sites (tertiary alicyclic amines) is 1. The molecule has 6 heteroatoms. The zero-order valence-electron chi connectivity index (χ0n) is 15.0. The molecule has 1 saturated heterocycles. The van der Waals surface area contributed by atoms with Gasteiger partial charge in [0.1, 0.15) is 5.75 Å². The van der Waals surface area contributed by atoms with Crippen molar-refractivity contribution in [2.45, 2.75) is 32.1 Å².